The van der Waals surface area contributed by atoms with E-state index in [1.54, 1.807) is 24.1 Å². The molecule has 0 unspecified atom stereocenters. The van der Waals surface area contributed by atoms with Crippen LogP contribution in [0.1, 0.15) is 5.56 Å². The van der Waals surface area contributed by atoms with Crippen LogP contribution in [0.15, 0.2) is 71.8 Å². The van der Waals surface area contributed by atoms with Gasteiger partial charge in [0.25, 0.3) is 5.56 Å². The zero-order chi connectivity index (χ0) is 16.1. The lowest BCUT2D eigenvalue weighted by Gasteiger charge is -2.09. The van der Waals surface area contributed by atoms with E-state index in [0.29, 0.717) is 12.4 Å². The van der Waals surface area contributed by atoms with Crippen molar-refractivity contribution in [2.45, 2.75) is 6.54 Å². The summed E-state index contributed by atoms with van der Waals surface area (Å²) in [6, 6.07) is 17.2. The second kappa shape index (κ2) is 6.79. The molecule has 116 valence electrons. The van der Waals surface area contributed by atoms with Gasteiger partial charge in [0.05, 0.1) is 7.11 Å². The van der Waals surface area contributed by atoms with E-state index in [1.165, 1.54) is 0 Å². The molecule has 0 amide bonds. The second-order valence-corrected chi connectivity index (χ2v) is 4.99. The Balaban J connectivity index is 1.82. The Hall–Kier alpha value is -3.08. The summed E-state index contributed by atoms with van der Waals surface area (Å²) < 4.78 is 6.77. The molecule has 3 rings (SSSR count). The highest BCUT2D eigenvalue weighted by Crippen LogP contribution is 2.13. The third kappa shape index (κ3) is 3.40. The lowest BCUT2D eigenvalue weighted by molar-refractivity contribution is 0.414. The maximum atomic E-state index is 12.5. The zero-order valence-electron chi connectivity index (χ0n) is 12.8. The Morgan fingerprint density at radius 1 is 1.13 bits per heavy atom. The average Bonchev–Trinajstić information content (AvgIpc) is 2.62. The van der Waals surface area contributed by atoms with Crippen molar-refractivity contribution in [3.8, 4) is 11.4 Å². The minimum atomic E-state index is -0.179. The van der Waals surface area contributed by atoms with E-state index in [0.717, 1.165) is 17.0 Å². The lowest BCUT2D eigenvalue weighted by Crippen LogP contribution is -2.22. The SMILES string of the molecule is COc1cccc(CNc2nccn(-c3ccccc3)c2=O)c1. The maximum Gasteiger partial charge on any atom is 0.297 e. The molecule has 1 heterocycles. The second-order valence-electron chi connectivity index (χ2n) is 4.99. The molecule has 23 heavy (non-hydrogen) atoms. The largest absolute Gasteiger partial charge is 0.497 e. The molecule has 2 aromatic carbocycles. The van der Waals surface area contributed by atoms with Crippen LogP contribution < -0.4 is 15.6 Å². The van der Waals surface area contributed by atoms with Gasteiger partial charge in [-0.25, -0.2) is 4.98 Å². The highest BCUT2D eigenvalue weighted by Gasteiger charge is 2.06. The Morgan fingerprint density at radius 2 is 1.96 bits per heavy atom. The van der Waals surface area contributed by atoms with Gasteiger partial charge >= 0.3 is 0 Å². The van der Waals surface area contributed by atoms with E-state index >= 15 is 0 Å². The Labute approximate surface area is 134 Å². The Bertz CT molecular complexity index is 844. The van der Waals surface area contributed by atoms with E-state index in [2.05, 4.69) is 10.3 Å². The zero-order valence-corrected chi connectivity index (χ0v) is 12.8. The maximum absolute atomic E-state index is 12.5. The molecule has 0 aliphatic heterocycles. The number of nitrogens with one attached hydrogen (secondary N) is 1. The van der Waals surface area contributed by atoms with Gasteiger partial charge in [-0.1, -0.05) is 30.3 Å². The van der Waals surface area contributed by atoms with Gasteiger partial charge in [-0.15, -0.1) is 0 Å². The number of ether oxygens (including phenoxy) is 1. The number of hydrogen-bond acceptors (Lipinski definition) is 4. The predicted molar refractivity (Wildman–Crippen MR) is 90.2 cm³/mol. The van der Waals surface area contributed by atoms with Crippen molar-refractivity contribution in [2.75, 3.05) is 12.4 Å². The fourth-order valence-corrected chi connectivity index (χ4v) is 2.29. The minimum Gasteiger partial charge on any atom is -0.497 e. The number of rotatable bonds is 5. The normalized spacial score (nSPS) is 10.3. The van der Waals surface area contributed by atoms with Crippen LogP contribution in [0.25, 0.3) is 5.69 Å². The summed E-state index contributed by atoms with van der Waals surface area (Å²) in [5.74, 6) is 1.10. The molecule has 5 heteroatoms. The van der Waals surface area contributed by atoms with Gasteiger partial charge in [-0.05, 0) is 29.8 Å². The first kappa shape index (κ1) is 14.8. The van der Waals surface area contributed by atoms with E-state index < -0.39 is 0 Å². The van der Waals surface area contributed by atoms with Crippen LogP contribution >= 0.6 is 0 Å². The van der Waals surface area contributed by atoms with E-state index in [1.807, 2.05) is 54.6 Å². The van der Waals surface area contributed by atoms with Crippen molar-refractivity contribution in [1.82, 2.24) is 9.55 Å². The van der Waals surface area contributed by atoms with Crippen LogP contribution in [0.2, 0.25) is 0 Å². The highest BCUT2D eigenvalue weighted by atomic mass is 16.5. The topological polar surface area (TPSA) is 56.1 Å². The number of nitrogens with zero attached hydrogens (tertiary/aromatic N) is 2. The molecule has 5 nitrogen and oxygen atoms in total. The summed E-state index contributed by atoms with van der Waals surface area (Å²) in [5, 5.41) is 3.09. The number of hydrogen-bond donors (Lipinski definition) is 1. The Kier molecular flexibility index (Phi) is 4.38. The van der Waals surface area contributed by atoms with Crippen LogP contribution in [0.4, 0.5) is 5.82 Å². The molecule has 3 aromatic rings. The number of methoxy groups -OCH3 is 1. The van der Waals surface area contributed by atoms with Crippen molar-refractivity contribution >= 4 is 5.82 Å². The molecular weight excluding hydrogens is 290 g/mol. The monoisotopic (exact) mass is 307 g/mol. The third-order valence-corrected chi connectivity index (χ3v) is 3.47. The molecule has 0 bridgehead atoms. The quantitative estimate of drug-likeness (QED) is 0.787. The number of aromatic nitrogens is 2. The number of anilines is 1. The molecule has 0 saturated heterocycles. The standard InChI is InChI=1S/C18H17N3O2/c1-23-16-9-5-6-14(12-16)13-20-17-18(22)21(11-10-19-17)15-7-3-2-4-8-15/h2-12H,13H2,1H3,(H,19,20). The minimum absolute atomic E-state index is 0.179. The summed E-state index contributed by atoms with van der Waals surface area (Å²) >= 11 is 0. The van der Waals surface area contributed by atoms with Crippen LogP contribution in [-0.4, -0.2) is 16.7 Å². The lowest BCUT2D eigenvalue weighted by atomic mass is 10.2. The van der Waals surface area contributed by atoms with Crippen molar-refractivity contribution in [1.29, 1.82) is 0 Å². The van der Waals surface area contributed by atoms with Crippen molar-refractivity contribution in [3.05, 3.63) is 82.9 Å². The van der Waals surface area contributed by atoms with Gasteiger partial charge in [-0.3, -0.25) is 9.36 Å². The first-order valence-electron chi connectivity index (χ1n) is 7.28. The first-order valence-corrected chi connectivity index (χ1v) is 7.28. The third-order valence-electron chi connectivity index (χ3n) is 3.47. The molecule has 0 fully saturated rings. The van der Waals surface area contributed by atoms with E-state index in [-0.39, 0.29) is 5.56 Å². The van der Waals surface area contributed by atoms with Gasteiger partial charge in [0.2, 0.25) is 0 Å². The highest BCUT2D eigenvalue weighted by molar-refractivity contribution is 5.39. The average molecular weight is 307 g/mol. The van der Waals surface area contributed by atoms with Gasteiger partial charge in [0, 0.05) is 24.6 Å². The molecule has 0 aliphatic rings. The molecule has 0 radical (unpaired) electrons. The summed E-state index contributed by atoms with van der Waals surface area (Å²) in [7, 11) is 1.63. The number of benzene rings is 2. The molecule has 1 aromatic heterocycles. The van der Waals surface area contributed by atoms with E-state index in [9.17, 15) is 4.79 Å². The summed E-state index contributed by atoms with van der Waals surface area (Å²) in [6.07, 6.45) is 3.27. The molecule has 0 aliphatic carbocycles. The van der Waals surface area contributed by atoms with Gasteiger partial charge in [0.1, 0.15) is 5.75 Å². The molecule has 1 N–H and O–H groups in total. The summed E-state index contributed by atoms with van der Waals surface area (Å²) in [6.45, 7) is 0.498. The van der Waals surface area contributed by atoms with Crippen LogP contribution in [0.3, 0.4) is 0 Å². The van der Waals surface area contributed by atoms with Gasteiger partial charge < -0.3 is 10.1 Å². The molecule has 0 atom stereocenters. The predicted octanol–water partition coefficient (Wildman–Crippen LogP) is 2.85. The van der Waals surface area contributed by atoms with Crippen molar-refractivity contribution in [3.63, 3.8) is 0 Å². The van der Waals surface area contributed by atoms with Crippen molar-refractivity contribution in [2.24, 2.45) is 0 Å². The molecule has 0 spiro atoms. The van der Waals surface area contributed by atoms with Crippen molar-refractivity contribution < 1.29 is 4.74 Å². The van der Waals surface area contributed by atoms with Gasteiger partial charge in [-0.2, -0.15) is 0 Å². The molecular formula is C18H17N3O2. The molecule has 0 saturated carbocycles. The summed E-state index contributed by atoms with van der Waals surface area (Å²) in [4.78, 5) is 16.7. The first-order chi connectivity index (χ1) is 11.3. The van der Waals surface area contributed by atoms with Crippen LogP contribution in [-0.2, 0) is 6.54 Å². The van der Waals surface area contributed by atoms with Crippen LogP contribution in [0.5, 0.6) is 5.75 Å². The van der Waals surface area contributed by atoms with E-state index in [4.69, 9.17) is 4.74 Å². The van der Waals surface area contributed by atoms with Crippen LogP contribution in [0, 0.1) is 0 Å². The smallest absolute Gasteiger partial charge is 0.297 e. The Morgan fingerprint density at radius 3 is 2.74 bits per heavy atom. The summed E-state index contributed by atoms with van der Waals surface area (Å²) in [5.41, 5.74) is 1.64. The fourth-order valence-electron chi connectivity index (χ4n) is 2.29. The van der Waals surface area contributed by atoms with Gasteiger partial charge in [0.15, 0.2) is 5.82 Å². The number of para-hydroxylation sites is 1. The fraction of sp³-hybridized carbons (Fsp3) is 0.111.